The van der Waals surface area contributed by atoms with E-state index in [4.69, 9.17) is 5.41 Å². The highest BCUT2D eigenvalue weighted by atomic mass is 16.1. The first-order valence-electron chi connectivity index (χ1n) is 3.91. The fraction of sp³-hybridized carbons (Fsp3) is 0.200. The summed E-state index contributed by atoms with van der Waals surface area (Å²) in [6.07, 6.45) is 1.82. The molecule has 62 valence electrons. The molecule has 0 atom stereocenters. The van der Waals surface area contributed by atoms with Gasteiger partial charge in [-0.15, -0.1) is 0 Å². The Morgan fingerprint density at radius 1 is 1.33 bits per heavy atom. The Hall–Kier alpha value is -1.44. The molecule has 0 spiro atoms. The molecule has 1 aromatic rings. The molecule has 0 fully saturated rings. The van der Waals surface area contributed by atoms with Gasteiger partial charge in [0.2, 0.25) is 0 Å². The van der Waals surface area contributed by atoms with Crippen molar-refractivity contribution in [2.75, 3.05) is 0 Å². The van der Waals surface area contributed by atoms with Crippen LogP contribution < -0.4 is 0 Å². The smallest absolute Gasteiger partial charge is 0.120 e. The third-order valence-electron chi connectivity index (χ3n) is 1.63. The highest BCUT2D eigenvalue weighted by Gasteiger charge is 1.98. The van der Waals surface area contributed by atoms with Crippen LogP contribution in [-0.4, -0.2) is 12.0 Å². The van der Waals surface area contributed by atoms with Gasteiger partial charge in [0.25, 0.3) is 0 Å². The van der Waals surface area contributed by atoms with Crippen LogP contribution in [0.4, 0.5) is 0 Å². The van der Waals surface area contributed by atoms with Gasteiger partial charge in [-0.25, -0.2) is 0 Å². The molecule has 0 heterocycles. The van der Waals surface area contributed by atoms with Crippen LogP contribution in [0.15, 0.2) is 30.3 Å². The van der Waals surface area contributed by atoms with Crippen molar-refractivity contribution < 1.29 is 4.79 Å². The number of carbonyl (C=O) groups excluding carboxylic acids is 1. The summed E-state index contributed by atoms with van der Waals surface area (Å²) in [4.78, 5) is 10.0. The normalized spacial score (nSPS) is 9.33. The highest BCUT2D eigenvalue weighted by Crippen LogP contribution is 2.03. The molecule has 0 radical (unpaired) electrons. The Morgan fingerprint density at radius 2 is 2.00 bits per heavy atom. The lowest BCUT2D eigenvalue weighted by atomic mass is 10.1. The second-order valence-electron chi connectivity index (χ2n) is 2.55. The van der Waals surface area contributed by atoms with Crippen molar-refractivity contribution in [2.24, 2.45) is 0 Å². The molecule has 0 aliphatic heterocycles. The fourth-order valence-corrected chi connectivity index (χ4v) is 0.987. The van der Waals surface area contributed by atoms with E-state index in [1.807, 2.05) is 30.3 Å². The number of nitrogens with one attached hydrogen (secondary N) is 1. The van der Waals surface area contributed by atoms with Gasteiger partial charge >= 0.3 is 0 Å². The summed E-state index contributed by atoms with van der Waals surface area (Å²) in [5.41, 5.74) is 1.43. The number of benzene rings is 1. The first-order chi connectivity index (χ1) is 5.84. The second kappa shape index (κ2) is 4.44. The average Bonchev–Trinajstić information content (AvgIpc) is 2.15. The molecular formula is C10H11NO. The molecule has 2 heteroatoms. The summed E-state index contributed by atoms with van der Waals surface area (Å²) in [5, 5.41) is 7.57. The van der Waals surface area contributed by atoms with Crippen LogP contribution in [0.2, 0.25) is 0 Å². The second-order valence-corrected chi connectivity index (χ2v) is 2.55. The van der Waals surface area contributed by atoms with Crippen LogP contribution >= 0.6 is 0 Å². The van der Waals surface area contributed by atoms with Gasteiger partial charge in [0.1, 0.15) is 6.29 Å². The van der Waals surface area contributed by atoms with E-state index in [1.54, 1.807) is 0 Å². The molecule has 0 unspecified atom stereocenters. The van der Waals surface area contributed by atoms with E-state index in [0.717, 1.165) is 11.8 Å². The van der Waals surface area contributed by atoms with E-state index in [9.17, 15) is 4.79 Å². The van der Waals surface area contributed by atoms with Gasteiger partial charge in [-0.05, 0) is 12.0 Å². The zero-order valence-electron chi connectivity index (χ0n) is 6.79. The minimum absolute atomic E-state index is 0.438. The topological polar surface area (TPSA) is 40.9 Å². The fourth-order valence-electron chi connectivity index (χ4n) is 0.987. The van der Waals surface area contributed by atoms with Gasteiger partial charge in [0, 0.05) is 12.1 Å². The molecule has 1 N–H and O–H groups in total. The van der Waals surface area contributed by atoms with E-state index in [-0.39, 0.29) is 0 Å². The standard InChI is InChI=1S/C10H11NO/c11-10(7-4-8-12)9-5-2-1-3-6-9/h1-3,5-6,8,11H,4,7H2. The highest BCUT2D eigenvalue weighted by molar-refractivity contribution is 5.98. The van der Waals surface area contributed by atoms with Crippen molar-refractivity contribution >= 4 is 12.0 Å². The third-order valence-corrected chi connectivity index (χ3v) is 1.63. The van der Waals surface area contributed by atoms with Gasteiger partial charge in [0.15, 0.2) is 0 Å². The molecule has 0 aliphatic carbocycles. The Bertz CT molecular complexity index is 266. The molecule has 12 heavy (non-hydrogen) atoms. The van der Waals surface area contributed by atoms with Crippen LogP contribution in [0.1, 0.15) is 18.4 Å². The maximum atomic E-state index is 10.0. The summed E-state index contributed by atoms with van der Waals surface area (Å²) in [5.74, 6) is 0. The molecule has 0 amide bonds. The molecule has 0 aromatic heterocycles. The molecule has 1 rings (SSSR count). The van der Waals surface area contributed by atoms with E-state index in [0.29, 0.717) is 18.6 Å². The first-order valence-corrected chi connectivity index (χ1v) is 3.91. The van der Waals surface area contributed by atoms with E-state index >= 15 is 0 Å². The number of hydrogen-bond acceptors (Lipinski definition) is 2. The number of aldehydes is 1. The summed E-state index contributed by atoms with van der Waals surface area (Å²) < 4.78 is 0. The number of rotatable bonds is 4. The number of carbonyl (C=O) groups is 1. The van der Waals surface area contributed by atoms with Crippen molar-refractivity contribution in [3.63, 3.8) is 0 Å². The van der Waals surface area contributed by atoms with E-state index in [1.165, 1.54) is 0 Å². The van der Waals surface area contributed by atoms with Crippen LogP contribution in [0.5, 0.6) is 0 Å². The summed E-state index contributed by atoms with van der Waals surface area (Å²) >= 11 is 0. The molecule has 0 aliphatic rings. The zero-order valence-corrected chi connectivity index (χ0v) is 6.79. The van der Waals surface area contributed by atoms with Crippen molar-refractivity contribution in [1.82, 2.24) is 0 Å². The van der Waals surface area contributed by atoms with Gasteiger partial charge in [-0.2, -0.15) is 0 Å². The van der Waals surface area contributed by atoms with Crippen LogP contribution in [0, 0.1) is 5.41 Å². The lowest BCUT2D eigenvalue weighted by Gasteiger charge is -1.99. The number of hydrogen-bond donors (Lipinski definition) is 1. The Balaban J connectivity index is 2.59. The molecular weight excluding hydrogens is 150 g/mol. The van der Waals surface area contributed by atoms with E-state index < -0.39 is 0 Å². The minimum Gasteiger partial charge on any atom is -0.305 e. The third kappa shape index (κ3) is 2.31. The molecule has 0 bridgehead atoms. The summed E-state index contributed by atoms with van der Waals surface area (Å²) in [6, 6.07) is 9.46. The Morgan fingerprint density at radius 3 is 2.58 bits per heavy atom. The van der Waals surface area contributed by atoms with Crippen molar-refractivity contribution in [3.8, 4) is 0 Å². The Kier molecular flexibility index (Phi) is 3.20. The summed E-state index contributed by atoms with van der Waals surface area (Å²) in [7, 11) is 0. The van der Waals surface area contributed by atoms with Crippen LogP contribution in [0.25, 0.3) is 0 Å². The van der Waals surface area contributed by atoms with Gasteiger partial charge in [0.05, 0.1) is 0 Å². The molecule has 1 aromatic carbocycles. The van der Waals surface area contributed by atoms with Gasteiger partial charge < -0.3 is 10.2 Å². The monoisotopic (exact) mass is 161 g/mol. The minimum atomic E-state index is 0.438. The van der Waals surface area contributed by atoms with Gasteiger partial charge in [-0.1, -0.05) is 30.3 Å². The van der Waals surface area contributed by atoms with Crippen molar-refractivity contribution in [2.45, 2.75) is 12.8 Å². The van der Waals surface area contributed by atoms with Crippen molar-refractivity contribution in [3.05, 3.63) is 35.9 Å². The largest absolute Gasteiger partial charge is 0.305 e. The maximum Gasteiger partial charge on any atom is 0.120 e. The summed E-state index contributed by atoms with van der Waals surface area (Å²) in [6.45, 7) is 0. The van der Waals surface area contributed by atoms with Crippen molar-refractivity contribution in [1.29, 1.82) is 5.41 Å². The maximum absolute atomic E-state index is 10.0. The molecule has 2 nitrogen and oxygen atoms in total. The van der Waals surface area contributed by atoms with Crippen LogP contribution in [0.3, 0.4) is 0 Å². The lowest BCUT2D eigenvalue weighted by Crippen LogP contribution is -1.98. The Labute approximate surface area is 71.7 Å². The quantitative estimate of drug-likeness (QED) is 0.532. The molecule has 0 saturated heterocycles. The predicted molar refractivity (Wildman–Crippen MR) is 48.6 cm³/mol. The average molecular weight is 161 g/mol. The SMILES string of the molecule is N=C(CCC=O)c1ccccc1. The van der Waals surface area contributed by atoms with E-state index in [2.05, 4.69) is 0 Å². The van der Waals surface area contributed by atoms with Crippen LogP contribution in [-0.2, 0) is 4.79 Å². The first kappa shape index (κ1) is 8.65. The van der Waals surface area contributed by atoms with Gasteiger partial charge in [-0.3, -0.25) is 0 Å². The zero-order chi connectivity index (χ0) is 8.81. The lowest BCUT2D eigenvalue weighted by molar-refractivity contribution is -0.107. The predicted octanol–water partition coefficient (Wildman–Crippen LogP) is 2.03. The molecule has 0 saturated carbocycles.